The van der Waals surface area contributed by atoms with Crippen molar-refractivity contribution in [2.24, 2.45) is 0 Å². The summed E-state index contributed by atoms with van der Waals surface area (Å²) < 4.78 is 7.44. The monoisotopic (exact) mass is 477 g/mol. The van der Waals surface area contributed by atoms with E-state index in [1.807, 2.05) is 37.3 Å². The molecule has 1 fully saturated rings. The Kier molecular flexibility index (Phi) is 6.27. The molecule has 0 saturated carbocycles. The smallest absolute Gasteiger partial charge is 0.262 e. The van der Waals surface area contributed by atoms with Gasteiger partial charge in [0.1, 0.15) is 0 Å². The van der Waals surface area contributed by atoms with Crippen LogP contribution in [0.5, 0.6) is 0 Å². The molecule has 8 heteroatoms. The van der Waals surface area contributed by atoms with Crippen LogP contribution in [0.4, 0.5) is 5.69 Å². The highest BCUT2D eigenvalue weighted by atomic mass is 32.2. The molecule has 5 rings (SSSR count). The first-order valence-corrected chi connectivity index (χ1v) is 12.5. The Morgan fingerprint density at radius 2 is 2.06 bits per heavy atom. The molecular weight excluding hydrogens is 450 g/mol. The van der Waals surface area contributed by atoms with E-state index in [1.165, 1.54) is 11.8 Å². The number of hydrogen-bond acceptors (Lipinski definition) is 6. The van der Waals surface area contributed by atoms with Gasteiger partial charge < -0.3 is 9.64 Å². The van der Waals surface area contributed by atoms with E-state index >= 15 is 0 Å². The van der Waals surface area contributed by atoms with Crippen LogP contribution in [0, 0.1) is 0 Å². The standard InChI is InChI=1S/C26H27N3O4S/c1-16(24(31)19-9-10-23-18(14-19)11-12-28(23)17(2)30)34-26-27-22-8-4-3-7-21(22)25(32)29(26)15-20-6-5-13-33-20/h3-4,7-10,14,16,20H,5-6,11-13,15H2,1-2H3/t16-,20-/m0/s1. The van der Waals surface area contributed by atoms with Crippen molar-refractivity contribution in [2.45, 2.75) is 56.2 Å². The van der Waals surface area contributed by atoms with E-state index < -0.39 is 5.25 Å². The Hall–Kier alpha value is -2.97. The number of ketones is 1. The first-order chi connectivity index (χ1) is 16.4. The summed E-state index contributed by atoms with van der Waals surface area (Å²) in [5, 5.41) is 0.661. The molecule has 34 heavy (non-hydrogen) atoms. The molecule has 0 aliphatic carbocycles. The van der Waals surface area contributed by atoms with Gasteiger partial charge >= 0.3 is 0 Å². The third-order valence-corrected chi connectivity index (χ3v) is 7.62. The van der Waals surface area contributed by atoms with Crippen molar-refractivity contribution < 1.29 is 14.3 Å². The fraction of sp³-hybridized carbons (Fsp3) is 0.385. The molecule has 176 valence electrons. The highest BCUT2D eigenvalue weighted by Gasteiger charge is 2.26. The number of carbonyl (C=O) groups excluding carboxylic acids is 2. The van der Waals surface area contributed by atoms with Crippen LogP contribution in [-0.2, 0) is 22.5 Å². The molecule has 0 unspecified atom stereocenters. The van der Waals surface area contributed by atoms with Crippen molar-refractivity contribution in [3.05, 3.63) is 63.9 Å². The molecule has 7 nitrogen and oxygen atoms in total. The summed E-state index contributed by atoms with van der Waals surface area (Å²) in [6.07, 6.45) is 2.61. The SMILES string of the molecule is CC(=O)N1CCc2cc(C(=O)[C@H](C)Sc3nc4ccccc4c(=O)n3C[C@@H]3CCCO3)ccc21. The number of thioether (sulfide) groups is 1. The maximum atomic E-state index is 13.3. The lowest BCUT2D eigenvalue weighted by Gasteiger charge is -2.19. The average molecular weight is 478 g/mol. The van der Waals surface area contributed by atoms with Crippen LogP contribution in [0.15, 0.2) is 52.4 Å². The fourth-order valence-electron chi connectivity index (χ4n) is 4.72. The molecule has 0 bridgehead atoms. The molecule has 2 atom stereocenters. The Labute approximate surface area is 202 Å². The number of anilines is 1. The zero-order valence-corrected chi connectivity index (χ0v) is 20.1. The van der Waals surface area contributed by atoms with E-state index in [2.05, 4.69) is 0 Å². The maximum Gasteiger partial charge on any atom is 0.262 e. The number of carbonyl (C=O) groups is 2. The van der Waals surface area contributed by atoms with Crippen molar-refractivity contribution in [2.75, 3.05) is 18.1 Å². The number of para-hydroxylation sites is 1. The van der Waals surface area contributed by atoms with Crippen LogP contribution >= 0.6 is 11.8 Å². The summed E-state index contributed by atoms with van der Waals surface area (Å²) in [6, 6.07) is 12.8. The van der Waals surface area contributed by atoms with Gasteiger partial charge in [-0.2, -0.15) is 0 Å². The summed E-state index contributed by atoms with van der Waals surface area (Å²) in [7, 11) is 0. The second kappa shape index (κ2) is 9.35. The Morgan fingerprint density at radius 3 is 2.82 bits per heavy atom. The van der Waals surface area contributed by atoms with Crippen molar-refractivity contribution >= 4 is 40.0 Å². The Balaban J connectivity index is 1.44. The number of aromatic nitrogens is 2. The van der Waals surface area contributed by atoms with Crippen molar-refractivity contribution in [3.63, 3.8) is 0 Å². The third-order valence-electron chi connectivity index (χ3n) is 6.53. The number of benzene rings is 2. The molecular formula is C26H27N3O4S. The van der Waals surface area contributed by atoms with Gasteiger partial charge in [-0.15, -0.1) is 0 Å². The molecule has 2 aliphatic heterocycles. The zero-order valence-electron chi connectivity index (χ0n) is 19.3. The predicted octanol–water partition coefficient (Wildman–Crippen LogP) is 3.85. The summed E-state index contributed by atoms with van der Waals surface area (Å²) >= 11 is 1.31. The van der Waals surface area contributed by atoms with Crippen LogP contribution < -0.4 is 10.5 Å². The summed E-state index contributed by atoms with van der Waals surface area (Å²) in [4.78, 5) is 45.0. The largest absolute Gasteiger partial charge is 0.376 e. The van der Waals surface area contributed by atoms with Crippen LogP contribution in [0.1, 0.15) is 42.6 Å². The molecule has 1 saturated heterocycles. The molecule has 0 radical (unpaired) electrons. The van der Waals surface area contributed by atoms with Gasteiger partial charge in [0, 0.05) is 31.3 Å². The molecule has 0 spiro atoms. The molecule has 0 N–H and O–H groups in total. The van der Waals surface area contributed by atoms with E-state index in [9.17, 15) is 14.4 Å². The number of nitrogens with zero attached hydrogens (tertiary/aromatic N) is 3. The highest BCUT2D eigenvalue weighted by Crippen LogP contribution is 2.31. The second-order valence-electron chi connectivity index (χ2n) is 8.85. The van der Waals surface area contributed by atoms with E-state index in [-0.39, 0.29) is 23.4 Å². The molecule has 2 aromatic carbocycles. The third kappa shape index (κ3) is 4.28. The van der Waals surface area contributed by atoms with E-state index in [4.69, 9.17) is 9.72 Å². The van der Waals surface area contributed by atoms with E-state index in [0.29, 0.717) is 41.3 Å². The van der Waals surface area contributed by atoms with Crippen molar-refractivity contribution in [1.82, 2.24) is 9.55 Å². The maximum absolute atomic E-state index is 13.3. The average Bonchev–Trinajstić information content (AvgIpc) is 3.50. The minimum atomic E-state index is -0.438. The normalized spacial score (nSPS) is 18.3. The lowest BCUT2D eigenvalue weighted by atomic mass is 10.0. The number of ether oxygens (including phenoxy) is 1. The van der Waals surface area contributed by atoms with Gasteiger partial charge in [-0.1, -0.05) is 23.9 Å². The number of rotatable bonds is 6. The van der Waals surface area contributed by atoms with Gasteiger partial charge in [-0.3, -0.25) is 19.0 Å². The van der Waals surface area contributed by atoms with Crippen LogP contribution in [-0.4, -0.2) is 45.7 Å². The van der Waals surface area contributed by atoms with E-state index in [1.54, 1.807) is 28.5 Å². The van der Waals surface area contributed by atoms with Gasteiger partial charge in [0.25, 0.3) is 5.56 Å². The minimum Gasteiger partial charge on any atom is -0.376 e. The first kappa shape index (κ1) is 22.8. The van der Waals surface area contributed by atoms with Gasteiger partial charge in [0.05, 0.1) is 28.8 Å². The zero-order chi connectivity index (χ0) is 23.8. The van der Waals surface area contributed by atoms with Crippen LogP contribution in [0.2, 0.25) is 0 Å². The van der Waals surface area contributed by atoms with E-state index in [0.717, 1.165) is 30.5 Å². The number of Topliss-reactive ketones (excluding diaryl/α,β-unsaturated/α-hetero) is 1. The van der Waals surface area contributed by atoms with Gasteiger partial charge in [-0.25, -0.2) is 4.98 Å². The number of hydrogen-bond donors (Lipinski definition) is 0. The second-order valence-corrected chi connectivity index (χ2v) is 10.2. The van der Waals surface area contributed by atoms with Gasteiger partial charge in [0.2, 0.25) is 5.91 Å². The van der Waals surface area contributed by atoms with Crippen LogP contribution in [0.3, 0.4) is 0 Å². The number of fused-ring (bicyclic) bond motifs is 2. The van der Waals surface area contributed by atoms with Gasteiger partial charge in [0.15, 0.2) is 10.9 Å². The Bertz CT molecular complexity index is 1330. The summed E-state index contributed by atoms with van der Waals surface area (Å²) in [5.41, 5.74) is 3.02. The molecule has 2 aliphatic rings. The predicted molar refractivity (Wildman–Crippen MR) is 133 cm³/mol. The fourth-order valence-corrected chi connectivity index (χ4v) is 5.71. The lowest BCUT2D eigenvalue weighted by molar-refractivity contribution is -0.116. The topological polar surface area (TPSA) is 81.5 Å². The highest BCUT2D eigenvalue weighted by molar-refractivity contribution is 8.00. The summed E-state index contributed by atoms with van der Waals surface area (Å²) in [5.74, 6) is -0.0199. The quantitative estimate of drug-likeness (QED) is 0.305. The Morgan fingerprint density at radius 1 is 1.24 bits per heavy atom. The minimum absolute atomic E-state index is 0.00772. The molecule has 1 amide bonds. The van der Waals surface area contributed by atoms with Crippen molar-refractivity contribution in [1.29, 1.82) is 0 Å². The molecule has 3 heterocycles. The molecule has 1 aromatic heterocycles. The lowest BCUT2D eigenvalue weighted by Crippen LogP contribution is -2.29. The number of amides is 1. The van der Waals surface area contributed by atoms with Crippen LogP contribution in [0.25, 0.3) is 10.9 Å². The summed E-state index contributed by atoms with van der Waals surface area (Å²) in [6.45, 7) is 5.18. The molecule has 3 aromatic rings. The van der Waals surface area contributed by atoms with Gasteiger partial charge in [-0.05, 0) is 62.1 Å². The first-order valence-electron chi connectivity index (χ1n) is 11.7. The van der Waals surface area contributed by atoms with Crippen molar-refractivity contribution in [3.8, 4) is 0 Å².